The molecule has 0 atom stereocenters. The van der Waals surface area contributed by atoms with Crippen LogP contribution in [0.5, 0.6) is 0 Å². The summed E-state index contributed by atoms with van der Waals surface area (Å²) in [4.78, 5) is 3.31. The molecule has 5 heteroatoms. The number of halogens is 2. The summed E-state index contributed by atoms with van der Waals surface area (Å²) in [5.41, 5.74) is 3.78. The van der Waals surface area contributed by atoms with Crippen molar-refractivity contribution in [2.24, 2.45) is 0 Å². The molecule has 0 radical (unpaired) electrons. The summed E-state index contributed by atoms with van der Waals surface area (Å²) in [5, 5.41) is 2.57. The molecule has 0 spiro atoms. The minimum atomic E-state index is 0.485. The van der Waals surface area contributed by atoms with Crippen molar-refractivity contribution >= 4 is 63.0 Å². The lowest BCUT2D eigenvalue weighted by atomic mass is 10.1. The van der Waals surface area contributed by atoms with Gasteiger partial charge in [0, 0.05) is 22.2 Å². The number of rotatable bonds is 5. The average Bonchev–Trinajstić information content (AvgIpc) is 3.01. The molecule has 0 aliphatic carbocycles. The van der Waals surface area contributed by atoms with Gasteiger partial charge in [-0.1, -0.05) is 59.6 Å². The van der Waals surface area contributed by atoms with Gasteiger partial charge in [0.25, 0.3) is 0 Å². The van der Waals surface area contributed by atoms with Crippen molar-refractivity contribution < 1.29 is 4.74 Å². The van der Waals surface area contributed by atoms with Crippen LogP contribution in [0.15, 0.2) is 60.7 Å². The highest BCUT2D eigenvalue weighted by Crippen LogP contribution is 2.28. The predicted octanol–water partition coefficient (Wildman–Crippen LogP) is 6.94. The van der Waals surface area contributed by atoms with E-state index in [1.54, 1.807) is 0 Å². The molecule has 0 aliphatic heterocycles. The van der Waals surface area contributed by atoms with E-state index < -0.39 is 0 Å². The van der Waals surface area contributed by atoms with E-state index in [1.165, 1.54) is 0 Å². The first-order valence-electron chi connectivity index (χ1n) is 8.17. The van der Waals surface area contributed by atoms with Crippen LogP contribution in [0.25, 0.3) is 22.6 Å². The van der Waals surface area contributed by atoms with Gasteiger partial charge in [0.05, 0.1) is 16.7 Å². The van der Waals surface area contributed by atoms with Crippen LogP contribution in [0.1, 0.15) is 18.2 Å². The van der Waals surface area contributed by atoms with Crippen LogP contribution in [0, 0.1) is 0 Å². The molecule has 0 saturated carbocycles. The van der Waals surface area contributed by atoms with E-state index in [0.717, 1.165) is 27.7 Å². The van der Waals surface area contributed by atoms with Crippen molar-refractivity contribution in [2.75, 3.05) is 6.61 Å². The minimum absolute atomic E-state index is 0.485. The largest absolute Gasteiger partial charge is 0.483 e. The number of hydrogen-bond donors (Lipinski definition) is 1. The number of thiocarbonyl (C=S) groups is 1. The Morgan fingerprint density at radius 2 is 1.85 bits per heavy atom. The Morgan fingerprint density at radius 3 is 2.58 bits per heavy atom. The molecule has 0 aliphatic rings. The highest BCUT2D eigenvalue weighted by molar-refractivity contribution is 7.81. The first kappa shape index (κ1) is 18.7. The zero-order valence-electron chi connectivity index (χ0n) is 14.1. The van der Waals surface area contributed by atoms with Crippen molar-refractivity contribution in [3.8, 4) is 0 Å². The summed E-state index contributed by atoms with van der Waals surface area (Å²) < 4.78 is 5.53. The predicted molar refractivity (Wildman–Crippen MR) is 116 cm³/mol. The Balaban J connectivity index is 1.90. The standard InChI is InChI=1S/C21H17Cl2NOS/c1-2-25-21(26)17(14-7-4-3-5-8-14)10-6-9-16-11-15-12-18(22)19(23)13-20(15)24-16/h3-13,24H,2H2,1H3/b9-6+,17-10-. The van der Waals surface area contributed by atoms with Gasteiger partial charge in [-0.05, 0) is 55.1 Å². The molecule has 0 bridgehead atoms. The topological polar surface area (TPSA) is 25.0 Å². The summed E-state index contributed by atoms with van der Waals surface area (Å²) in [6.07, 6.45) is 5.87. The van der Waals surface area contributed by atoms with Gasteiger partial charge >= 0.3 is 0 Å². The van der Waals surface area contributed by atoms with Gasteiger partial charge < -0.3 is 9.72 Å². The third kappa shape index (κ3) is 4.36. The first-order valence-corrected chi connectivity index (χ1v) is 9.33. The van der Waals surface area contributed by atoms with Crippen LogP contribution in [0.3, 0.4) is 0 Å². The molecule has 1 N–H and O–H groups in total. The fourth-order valence-electron chi connectivity index (χ4n) is 2.60. The Morgan fingerprint density at radius 1 is 1.12 bits per heavy atom. The Hall–Kier alpha value is -2.07. The molecular weight excluding hydrogens is 385 g/mol. The van der Waals surface area contributed by atoms with E-state index in [4.69, 9.17) is 40.2 Å². The third-order valence-electron chi connectivity index (χ3n) is 3.80. The van der Waals surface area contributed by atoms with Gasteiger partial charge in [-0.15, -0.1) is 0 Å². The number of fused-ring (bicyclic) bond motifs is 1. The number of aromatic nitrogens is 1. The molecule has 26 heavy (non-hydrogen) atoms. The van der Waals surface area contributed by atoms with E-state index in [1.807, 2.05) is 73.7 Å². The van der Waals surface area contributed by atoms with Crippen molar-refractivity contribution in [1.29, 1.82) is 0 Å². The Bertz CT molecular complexity index is 951. The van der Waals surface area contributed by atoms with Gasteiger partial charge in [-0.25, -0.2) is 0 Å². The fourth-order valence-corrected chi connectivity index (χ4v) is 3.23. The molecule has 0 saturated heterocycles. The average molecular weight is 402 g/mol. The van der Waals surface area contributed by atoms with Crippen molar-refractivity contribution in [1.82, 2.24) is 4.98 Å². The molecular formula is C21H17Cl2NOS. The Kier molecular flexibility index (Phi) is 6.15. The van der Waals surface area contributed by atoms with Crippen LogP contribution in [-0.2, 0) is 4.74 Å². The number of hydrogen-bond acceptors (Lipinski definition) is 2. The number of H-pyrrole nitrogens is 1. The molecule has 0 amide bonds. The lowest BCUT2D eigenvalue weighted by molar-refractivity contribution is 0.341. The maximum absolute atomic E-state index is 6.07. The zero-order valence-corrected chi connectivity index (χ0v) is 16.5. The van der Waals surface area contributed by atoms with Crippen LogP contribution >= 0.6 is 35.4 Å². The first-order chi connectivity index (χ1) is 12.6. The maximum Gasteiger partial charge on any atom is 0.191 e. The molecule has 3 aromatic rings. The van der Waals surface area contributed by atoms with E-state index in [-0.39, 0.29) is 0 Å². The molecule has 132 valence electrons. The van der Waals surface area contributed by atoms with Crippen LogP contribution in [0.4, 0.5) is 0 Å². The van der Waals surface area contributed by atoms with E-state index in [9.17, 15) is 0 Å². The minimum Gasteiger partial charge on any atom is -0.483 e. The van der Waals surface area contributed by atoms with Gasteiger partial charge in [-0.3, -0.25) is 0 Å². The number of benzene rings is 2. The van der Waals surface area contributed by atoms with Crippen molar-refractivity contribution in [2.45, 2.75) is 6.92 Å². The van der Waals surface area contributed by atoms with Crippen LogP contribution in [0.2, 0.25) is 10.0 Å². The van der Waals surface area contributed by atoms with Crippen molar-refractivity contribution in [3.05, 3.63) is 82.0 Å². The molecule has 1 heterocycles. The lowest BCUT2D eigenvalue weighted by Crippen LogP contribution is -2.04. The highest BCUT2D eigenvalue weighted by atomic mass is 35.5. The van der Waals surface area contributed by atoms with Crippen LogP contribution < -0.4 is 0 Å². The highest BCUT2D eigenvalue weighted by Gasteiger charge is 2.08. The van der Waals surface area contributed by atoms with Gasteiger partial charge in [0.2, 0.25) is 0 Å². The smallest absolute Gasteiger partial charge is 0.191 e. The summed E-state index contributed by atoms with van der Waals surface area (Å²) in [6.45, 7) is 2.46. The second-order valence-corrected chi connectivity index (χ2v) is 6.79. The number of nitrogens with one attached hydrogen (secondary N) is 1. The molecule has 3 rings (SSSR count). The van der Waals surface area contributed by atoms with E-state index in [2.05, 4.69) is 4.98 Å². The summed E-state index contributed by atoms with van der Waals surface area (Å²) >= 11 is 17.5. The summed E-state index contributed by atoms with van der Waals surface area (Å²) in [7, 11) is 0. The molecule has 2 nitrogen and oxygen atoms in total. The fraction of sp³-hybridized carbons (Fsp3) is 0.0952. The maximum atomic E-state index is 6.07. The van der Waals surface area contributed by atoms with Crippen molar-refractivity contribution in [3.63, 3.8) is 0 Å². The second-order valence-electron chi connectivity index (χ2n) is 5.60. The Labute approximate surface area is 168 Å². The monoisotopic (exact) mass is 401 g/mol. The van der Waals surface area contributed by atoms with E-state index in [0.29, 0.717) is 21.7 Å². The number of ether oxygens (including phenoxy) is 1. The third-order valence-corrected chi connectivity index (χ3v) is 4.86. The molecule has 2 aromatic carbocycles. The number of aromatic amines is 1. The van der Waals surface area contributed by atoms with Crippen LogP contribution in [-0.4, -0.2) is 16.6 Å². The van der Waals surface area contributed by atoms with Gasteiger partial charge in [-0.2, -0.15) is 0 Å². The van der Waals surface area contributed by atoms with Gasteiger partial charge in [0.15, 0.2) is 5.05 Å². The molecule has 0 unspecified atom stereocenters. The SMILES string of the molecule is CCOC(=S)/C(=C\C=C\c1cc2cc(Cl)c(Cl)cc2[nH]1)c1ccccc1. The number of allylic oxidation sites excluding steroid dienone is 2. The normalized spacial score (nSPS) is 12.0. The summed E-state index contributed by atoms with van der Waals surface area (Å²) in [6, 6.07) is 15.6. The van der Waals surface area contributed by atoms with E-state index >= 15 is 0 Å². The second kappa shape index (κ2) is 8.54. The summed E-state index contributed by atoms with van der Waals surface area (Å²) in [5.74, 6) is 0. The lowest BCUT2D eigenvalue weighted by Gasteiger charge is -2.09. The van der Waals surface area contributed by atoms with Gasteiger partial charge in [0.1, 0.15) is 0 Å². The zero-order chi connectivity index (χ0) is 18.5. The molecule has 1 aromatic heterocycles. The molecule has 0 fully saturated rings. The quantitative estimate of drug-likeness (QED) is 0.284.